The lowest BCUT2D eigenvalue weighted by Gasteiger charge is -2.23. The van der Waals surface area contributed by atoms with Crippen molar-refractivity contribution in [2.24, 2.45) is 0 Å². The van der Waals surface area contributed by atoms with Crippen LogP contribution in [0.2, 0.25) is 0 Å². The van der Waals surface area contributed by atoms with Gasteiger partial charge in [0.15, 0.2) is 0 Å². The van der Waals surface area contributed by atoms with Gasteiger partial charge in [0.2, 0.25) is 0 Å². The predicted octanol–water partition coefficient (Wildman–Crippen LogP) is 2.54. The Balaban J connectivity index is 2.63. The molecule has 0 bridgehead atoms. The second kappa shape index (κ2) is 9.76. The normalized spacial score (nSPS) is 10.1. The maximum absolute atomic E-state index is 13.0. The second-order valence-electron chi connectivity index (χ2n) is 4.61. The third-order valence-electron chi connectivity index (χ3n) is 2.93. The zero-order valence-corrected chi connectivity index (χ0v) is 13.0. The quantitative estimate of drug-likeness (QED) is 0.656. The summed E-state index contributed by atoms with van der Waals surface area (Å²) < 4.78 is 22.8. The first kappa shape index (κ1) is 17.9. The minimum atomic E-state index is -0.358. The van der Waals surface area contributed by atoms with Gasteiger partial charge in [-0.1, -0.05) is 0 Å². The highest BCUT2D eigenvalue weighted by atomic mass is 19.1. The SMILES string of the molecule is CCOC(=O)CCCN(CC(=O)OCC)c1ccc(F)cc1. The first-order chi connectivity index (χ1) is 10.6. The molecule has 1 aromatic rings. The number of ether oxygens (including phenoxy) is 2. The van der Waals surface area contributed by atoms with Gasteiger partial charge in [0.1, 0.15) is 12.4 Å². The molecule has 0 aromatic heterocycles. The summed E-state index contributed by atoms with van der Waals surface area (Å²) in [7, 11) is 0. The van der Waals surface area contributed by atoms with Crippen molar-refractivity contribution in [3.8, 4) is 0 Å². The molecule has 6 heteroatoms. The number of anilines is 1. The Labute approximate surface area is 130 Å². The number of carbonyl (C=O) groups is 2. The van der Waals surface area contributed by atoms with Gasteiger partial charge in [-0.3, -0.25) is 9.59 Å². The smallest absolute Gasteiger partial charge is 0.325 e. The molecule has 1 aromatic carbocycles. The van der Waals surface area contributed by atoms with E-state index in [2.05, 4.69) is 0 Å². The lowest BCUT2D eigenvalue weighted by Crippen LogP contribution is -2.32. The molecule has 0 N–H and O–H groups in total. The summed E-state index contributed by atoms with van der Waals surface area (Å²) in [5, 5.41) is 0. The molecule has 0 spiro atoms. The molecule has 22 heavy (non-hydrogen) atoms. The average Bonchev–Trinajstić information content (AvgIpc) is 2.47. The number of esters is 2. The maximum Gasteiger partial charge on any atom is 0.325 e. The van der Waals surface area contributed by atoms with E-state index in [4.69, 9.17) is 9.47 Å². The van der Waals surface area contributed by atoms with Crippen LogP contribution in [0.3, 0.4) is 0 Å². The fraction of sp³-hybridized carbons (Fsp3) is 0.500. The van der Waals surface area contributed by atoms with Crippen molar-refractivity contribution >= 4 is 17.6 Å². The summed E-state index contributed by atoms with van der Waals surface area (Å²) in [6.07, 6.45) is 0.809. The first-order valence-corrected chi connectivity index (χ1v) is 7.38. The summed E-state index contributed by atoms with van der Waals surface area (Å²) in [5.74, 6) is -0.966. The highest BCUT2D eigenvalue weighted by Gasteiger charge is 2.13. The lowest BCUT2D eigenvalue weighted by atomic mass is 10.2. The molecule has 0 saturated carbocycles. The Bertz CT molecular complexity index is 476. The maximum atomic E-state index is 13.0. The van der Waals surface area contributed by atoms with Crippen molar-refractivity contribution in [1.82, 2.24) is 0 Å². The summed E-state index contributed by atoms with van der Waals surface area (Å²) in [6.45, 7) is 4.68. The van der Waals surface area contributed by atoms with Gasteiger partial charge in [0.05, 0.1) is 13.2 Å². The van der Waals surface area contributed by atoms with Crippen LogP contribution < -0.4 is 4.90 Å². The predicted molar refractivity (Wildman–Crippen MR) is 81.1 cm³/mol. The van der Waals surface area contributed by atoms with E-state index in [1.54, 1.807) is 30.9 Å². The molecule has 0 fully saturated rings. The van der Waals surface area contributed by atoms with Crippen molar-refractivity contribution in [1.29, 1.82) is 0 Å². The van der Waals surface area contributed by atoms with Crippen LogP contribution in [0, 0.1) is 5.82 Å². The van der Waals surface area contributed by atoms with Crippen molar-refractivity contribution in [2.45, 2.75) is 26.7 Å². The number of hydrogen-bond acceptors (Lipinski definition) is 5. The molecule has 0 aliphatic rings. The van der Waals surface area contributed by atoms with Gasteiger partial charge in [0, 0.05) is 18.7 Å². The Morgan fingerprint density at radius 2 is 1.64 bits per heavy atom. The summed E-state index contributed by atoms with van der Waals surface area (Å²) in [4.78, 5) is 24.8. The van der Waals surface area contributed by atoms with Gasteiger partial charge in [-0.15, -0.1) is 0 Å². The van der Waals surface area contributed by atoms with Gasteiger partial charge >= 0.3 is 11.9 Å². The van der Waals surface area contributed by atoms with Gasteiger partial charge in [0.25, 0.3) is 0 Å². The second-order valence-corrected chi connectivity index (χ2v) is 4.61. The van der Waals surface area contributed by atoms with Crippen molar-refractivity contribution in [3.05, 3.63) is 30.1 Å². The molecule has 0 saturated heterocycles. The van der Waals surface area contributed by atoms with E-state index >= 15 is 0 Å². The van der Waals surface area contributed by atoms with E-state index in [1.165, 1.54) is 12.1 Å². The number of halogens is 1. The van der Waals surface area contributed by atoms with Gasteiger partial charge in [-0.25, -0.2) is 4.39 Å². The molecule has 0 amide bonds. The highest BCUT2D eigenvalue weighted by Crippen LogP contribution is 2.16. The van der Waals surface area contributed by atoms with Crippen molar-refractivity contribution in [2.75, 3.05) is 31.2 Å². The largest absolute Gasteiger partial charge is 0.466 e. The van der Waals surface area contributed by atoms with E-state index in [0.717, 1.165) is 0 Å². The first-order valence-electron chi connectivity index (χ1n) is 7.38. The van der Waals surface area contributed by atoms with Crippen molar-refractivity contribution < 1.29 is 23.5 Å². The Hall–Kier alpha value is -2.11. The van der Waals surface area contributed by atoms with E-state index in [-0.39, 0.29) is 30.7 Å². The average molecular weight is 311 g/mol. The third-order valence-corrected chi connectivity index (χ3v) is 2.93. The molecule has 122 valence electrons. The zero-order chi connectivity index (χ0) is 16.4. The van der Waals surface area contributed by atoms with E-state index in [1.807, 2.05) is 0 Å². The number of nitrogens with zero attached hydrogens (tertiary/aromatic N) is 1. The van der Waals surface area contributed by atoms with Gasteiger partial charge < -0.3 is 14.4 Å². The monoisotopic (exact) mass is 311 g/mol. The topological polar surface area (TPSA) is 55.8 Å². The van der Waals surface area contributed by atoms with Crippen LogP contribution in [0.15, 0.2) is 24.3 Å². The molecule has 1 rings (SSSR count). The lowest BCUT2D eigenvalue weighted by molar-refractivity contribution is -0.143. The fourth-order valence-electron chi connectivity index (χ4n) is 1.96. The molecular formula is C16H22FNO4. The van der Waals surface area contributed by atoms with E-state index < -0.39 is 0 Å². The number of hydrogen-bond donors (Lipinski definition) is 0. The number of rotatable bonds is 9. The molecule has 0 aliphatic heterocycles. The van der Waals surface area contributed by atoms with Gasteiger partial charge in [-0.2, -0.15) is 0 Å². The standard InChI is InChI=1S/C16H22FNO4/c1-3-21-15(19)6-5-11-18(12-16(20)22-4-2)14-9-7-13(17)8-10-14/h7-10H,3-6,11-12H2,1-2H3. The molecule has 0 atom stereocenters. The van der Waals surface area contributed by atoms with E-state index in [9.17, 15) is 14.0 Å². The van der Waals surface area contributed by atoms with Crippen LogP contribution in [0.1, 0.15) is 26.7 Å². The minimum absolute atomic E-state index is 0.0578. The molecule has 0 unspecified atom stereocenters. The molecule has 5 nitrogen and oxygen atoms in total. The van der Waals surface area contributed by atoms with Crippen LogP contribution in [0.5, 0.6) is 0 Å². The van der Waals surface area contributed by atoms with Crippen LogP contribution >= 0.6 is 0 Å². The minimum Gasteiger partial charge on any atom is -0.466 e. The van der Waals surface area contributed by atoms with Crippen molar-refractivity contribution in [3.63, 3.8) is 0 Å². The number of benzene rings is 1. The zero-order valence-electron chi connectivity index (χ0n) is 13.0. The molecule has 0 aliphatic carbocycles. The van der Waals surface area contributed by atoms with Crippen LogP contribution in [0.4, 0.5) is 10.1 Å². The molecular weight excluding hydrogens is 289 g/mol. The summed E-state index contributed by atoms with van der Waals surface area (Å²) in [6, 6.07) is 5.86. The van der Waals surface area contributed by atoms with Gasteiger partial charge in [-0.05, 0) is 44.5 Å². The van der Waals surface area contributed by atoms with E-state index in [0.29, 0.717) is 31.9 Å². The molecule has 0 heterocycles. The van der Waals surface area contributed by atoms with Crippen LogP contribution in [-0.4, -0.2) is 38.2 Å². The van der Waals surface area contributed by atoms with Crippen LogP contribution in [-0.2, 0) is 19.1 Å². The fourth-order valence-corrected chi connectivity index (χ4v) is 1.96. The summed E-state index contributed by atoms with van der Waals surface area (Å²) >= 11 is 0. The Morgan fingerprint density at radius 1 is 1.05 bits per heavy atom. The Morgan fingerprint density at radius 3 is 2.23 bits per heavy atom. The Kier molecular flexibility index (Phi) is 7.96. The highest BCUT2D eigenvalue weighted by molar-refractivity contribution is 5.76. The number of carbonyl (C=O) groups excluding carboxylic acids is 2. The third kappa shape index (κ3) is 6.56. The summed E-state index contributed by atoms with van der Waals surface area (Å²) in [5.41, 5.74) is 0.707. The van der Waals surface area contributed by atoms with Crippen LogP contribution in [0.25, 0.3) is 0 Å². The molecule has 0 radical (unpaired) electrons.